The predicted molar refractivity (Wildman–Crippen MR) is 53.0 cm³/mol. The Hall–Kier alpha value is -1.09. The molecule has 0 saturated carbocycles. The third kappa shape index (κ3) is 1.73. The minimum absolute atomic E-state index is 0.188. The lowest BCUT2D eigenvalue weighted by atomic mass is 9.83. The van der Waals surface area contributed by atoms with E-state index in [0.29, 0.717) is 6.42 Å². The molecule has 0 radical (unpaired) electrons. The van der Waals surface area contributed by atoms with Gasteiger partial charge in [0.25, 0.3) is 0 Å². The van der Waals surface area contributed by atoms with Gasteiger partial charge in [-0.25, -0.2) is 0 Å². The monoisotopic (exact) mass is 193 g/mol. The smallest absolute Gasteiger partial charge is 0.147 e. The summed E-state index contributed by atoms with van der Waals surface area (Å²) in [6, 6.07) is 3.67. The summed E-state index contributed by atoms with van der Waals surface area (Å²) in [5.41, 5.74) is -0.188. The molecule has 76 valence electrons. The number of nitrogens with one attached hydrogen (secondary N) is 1. The van der Waals surface area contributed by atoms with Gasteiger partial charge >= 0.3 is 0 Å². The van der Waals surface area contributed by atoms with Crippen LogP contribution in [0.3, 0.4) is 0 Å². The SMILES string of the molecule is CC1(C(=O)Cc2ccco2)CCNC1. The highest BCUT2D eigenvalue weighted by Gasteiger charge is 2.35. The summed E-state index contributed by atoms with van der Waals surface area (Å²) in [6.45, 7) is 3.77. The van der Waals surface area contributed by atoms with Crippen LogP contribution in [0.25, 0.3) is 0 Å². The maximum Gasteiger partial charge on any atom is 0.147 e. The number of Topliss-reactive ketones (excluding diaryl/α,β-unsaturated/α-hetero) is 1. The molecule has 2 heterocycles. The Morgan fingerprint density at radius 1 is 1.71 bits per heavy atom. The summed E-state index contributed by atoms with van der Waals surface area (Å²) < 4.78 is 5.17. The van der Waals surface area contributed by atoms with E-state index < -0.39 is 0 Å². The normalized spacial score (nSPS) is 26.6. The lowest BCUT2D eigenvalue weighted by molar-refractivity contribution is -0.126. The number of carbonyl (C=O) groups is 1. The van der Waals surface area contributed by atoms with Crippen LogP contribution in [0.4, 0.5) is 0 Å². The van der Waals surface area contributed by atoms with Gasteiger partial charge < -0.3 is 9.73 Å². The second-order valence-corrected chi connectivity index (χ2v) is 4.17. The average Bonchev–Trinajstić information content (AvgIpc) is 2.76. The van der Waals surface area contributed by atoms with Gasteiger partial charge in [-0.3, -0.25) is 4.79 Å². The first-order chi connectivity index (χ1) is 6.71. The fraction of sp³-hybridized carbons (Fsp3) is 0.545. The number of ketones is 1. The van der Waals surface area contributed by atoms with Gasteiger partial charge in [-0.15, -0.1) is 0 Å². The van der Waals surface area contributed by atoms with Crippen molar-refractivity contribution in [3.63, 3.8) is 0 Å². The molecule has 0 aromatic carbocycles. The van der Waals surface area contributed by atoms with Crippen molar-refractivity contribution >= 4 is 5.78 Å². The molecule has 1 unspecified atom stereocenters. The molecule has 1 aromatic heterocycles. The van der Waals surface area contributed by atoms with Gasteiger partial charge in [-0.2, -0.15) is 0 Å². The van der Waals surface area contributed by atoms with E-state index in [4.69, 9.17) is 4.42 Å². The molecule has 2 rings (SSSR count). The van der Waals surface area contributed by atoms with Crippen LogP contribution in [0.5, 0.6) is 0 Å². The standard InChI is InChI=1S/C11H15NO2/c1-11(4-5-12-8-11)10(13)7-9-3-2-6-14-9/h2-3,6,12H,4-5,7-8H2,1H3. The van der Waals surface area contributed by atoms with E-state index in [-0.39, 0.29) is 11.2 Å². The van der Waals surface area contributed by atoms with Crippen molar-refractivity contribution in [2.24, 2.45) is 5.41 Å². The molecule has 3 heteroatoms. The number of rotatable bonds is 3. The molecule has 1 N–H and O–H groups in total. The van der Waals surface area contributed by atoms with Gasteiger partial charge in [0.1, 0.15) is 11.5 Å². The van der Waals surface area contributed by atoms with Gasteiger partial charge in [0.15, 0.2) is 0 Å². The van der Waals surface area contributed by atoms with Crippen molar-refractivity contribution in [1.29, 1.82) is 0 Å². The molecule has 0 spiro atoms. The van der Waals surface area contributed by atoms with Gasteiger partial charge in [0, 0.05) is 12.0 Å². The summed E-state index contributed by atoms with van der Waals surface area (Å²) in [7, 11) is 0. The van der Waals surface area contributed by atoms with E-state index in [2.05, 4.69) is 5.32 Å². The number of hydrogen-bond acceptors (Lipinski definition) is 3. The molecule has 1 aliphatic rings. The van der Waals surface area contributed by atoms with Gasteiger partial charge in [0.05, 0.1) is 12.7 Å². The topological polar surface area (TPSA) is 42.2 Å². The van der Waals surface area contributed by atoms with Crippen molar-refractivity contribution in [3.8, 4) is 0 Å². The summed E-state index contributed by atoms with van der Waals surface area (Å²) in [5, 5.41) is 3.22. The Kier molecular flexibility index (Phi) is 2.42. The summed E-state index contributed by atoms with van der Waals surface area (Å²) >= 11 is 0. The molecule has 14 heavy (non-hydrogen) atoms. The molecule has 0 bridgehead atoms. The molecule has 0 amide bonds. The highest BCUT2D eigenvalue weighted by molar-refractivity contribution is 5.86. The number of furan rings is 1. The van der Waals surface area contributed by atoms with Crippen LogP contribution in [0.15, 0.2) is 22.8 Å². The van der Waals surface area contributed by atoms with Crippen LogP contribution in [-0.2, 0) is 11.2 Å². The quantitative estimate of drug-likeness (QED) is 0.788. The minimum Gasteiger partial charge on any atom is -0.469 e. The average molecular weight is 193 g/mol. The van der Waals surface area contributed by atoms with Crippen molar-refractivity contribution in [2.75, 3.05) is 13.1 Å². The predicted octanol–water partition coefficient (Wildman–Crippen LogP) is 1.39. The van der Waals surface area contributed by atoms with Crippen LogP contribution in [0.1, 0.15) is 19.1 Å². The Labute approximate surface area is 83.5 Å². The van der Waals surface area contributed by atoms with E-state index in [1.807, 2.05) is 19.1 Å². The first kappa shape index (κ1) is 9.46. The highest BCUT2D eigenvalue weighted by Crippen LogP contribution is 2.27. The molecular formula is C11H15NO2. The highest BCUT2D eigenvalue weighted by atomic mass is 16.3. The van der Waals surface area contributed by atoms with Crippen LogP contribution < -0.4 is 5.32 Å². The van der Waals surface area contributed by atoms with Crippen molar-refractivity contribution in [3.05, 3.63) is 24.2 Å². The molecule has 1 saturated heterocycles. The fourth-order valence-electron chi connectivity index (χ4n) is 1.84. The molecule has 1 aliphatic heterocycles. The van der Waals surface area contributed by atoms with Crippen molar-refractivity contribution < 1.29 is 9.21 Å². The van der Waals surface area contributed by atoms with E-state index in [0.717, 1.165) is 25.3 Å². The van der Waals surface area contributed by atoms with Gasteiger partial charge in [-0.05, 0) is 25.1 Å². The molecular weight excluding hydrogens is 178 g/mol. The maximum absolute atomic E-state index is 11.9. The van der Waals surface area contributed by atoms with E-state index in [1.165, 1.54) is 0 Å². The van der Waals surface area contributed by atoms with Gasteiger partial charge in [-0.1, -0.05) is 6.92 Å². The Balaban J connectivity index is 2.02. The maximum atomic E-state index is 11.9. The van der Waals surface area contributed by atoms with E-state index >= 15 is 0 Å². The molecule has 3 nitrogen and oxygen atoms in total. The zero-order valence-corrected chi connectivity index (χ0v) is 8.38. The Morgan fingerprint density at radius 3 is 3.14 bits per heavy atom. The van der Waals surface area contributed by atoms with Crippen LogP contribution in [0, 0.1) is 5.41 Å². The van der Waals surface area contributed by atoms with Crippen molar-refractivity contribution in [2.45, 2.75) is 19.8 Å². The zero-order chi connectivity index (χ0) is 10.0. The molecule has 0 aliphatic carbocycles. The number of hydrogen-bond donors (Lipinski definition) is 1. The molecule has 1 atom stereocenters. The summed E-state index contributed by atoms with van der Waals surface area (Å²) in [4.78, 5) is 11.9. The first-order valence-electron chi connectivity index (χ1n) is 4.97. The van der Waals surface area contributed by atoms with Gasteiger partial charge in [0.2, 0.25) is 0 Å². The largest absolute Gasteiger partial charge is 0.469 e. The zero-order valence-electron chi connectivity index (χ0n) is 8.38. The molecule has 1 fully saturated rings. The molecule has 1 aromatic rings. The van der Waals surface area contributed by atoms with E-state index in [1.54, 1.807) is 6.26 Å². The van der Waals surface area contributed by atoms with E-state index in [9.17, 15) is 4.79 Å². The van der Waals surface area contributed by atoms with Crippen molar-refractivity contribution in [1.82, 2.24) is 5.32 Å². The summed E-state index contributed by atoms with van der Waals surface area (Å²) in [6.07, 6.45) is 2.97. The Bertz CT molecular complexity index is 310. The Morgan fingerprint density at radius 2 is 2.57 bits per heavy atom. The third-order valence-electron chi connectivity index (χ3n) is 2.96. The second-order valence-electron chi connectivity index (χ2n) is 4.17. The number of carbonyl (C=O) groups excluding carboxylic acids is 1. The second kappa shape index (κ2) is 3.58. The van der Waals surface area contributed by atoms with Crippen LogP contribution in [0.2, 0.25) is 0 Å². The lowest BCUT2D eigenvalue weighted by Gasteiger charge is -2.19. The third-order valence-corrected chi connectivity index (χ3v) is 2.96. The van der Waals surface area contributed by atoms with Crippen LogP contribution in [-0.4, -0.2) is 18.9 Å². The lowest BCUT2D eigenvalue weighted by Crippen LogP contribution is -2.31. The first-order valence-corrected chi connectivity index (χ1v) is 4.97. The minimum atomic E-state index is -0.188. The fourth-order valence-corrected chi connectivity index (χ4v) is 1.84. The summed E-state index contributed by atoms with van der Waals surface area (Å²) in [5.74, 6) is 1.04. The van der Waals surface area contributed by atoms with Crippen LogP contribution >= 0.6 is 0 Å².